The number of allylic oxidation sites excluding steroid dienone is 2. The van der Waals surface area contributed by atoms with Crippen molar-refractivity contribution in [3.05, 3.63) is 77.5 Å². The van der Waals surface area contributed by atoms with Gasteiger partial charge in [-0.25, -0.2) is 25.2 Å². The highest BCUT2D eigenvalue weighted by molar-refractivity contribution is 5.77. The highest BCUT2D eigenvalue weighted by Gasteiger charge is 2.21. The van der Waals surface area contributed by atoms with Gasteiger partial charge in [0.05, 0.1) is 47.5 Å². The Morgan fingerprint density at radius 2 is 2.09 bits per heavy atom. The molecule has 0 radical (unpaired) electrons. The van der Waals surface area contributed by atoms with E-state index in [1.54, 1.807) is 19.2 Å². The third kappa shape index (κ3) is 12.0. The molecule has 1 aliphatic heterocycles. The van der Waals surface area contributed by atoms with Crippen LogP contribution in [0.15, 0.2) is 65.4 Å². The van der Waals surface area contributed by atoms with Gasteiger partial charge in [0.2, 0.25) is 5.95 Å². The molecule has 44 heavy (non-hydrogen) atoms. The Morgan fingerprint density at radius 3 is 2.77 bits per heavy atom. The normalized spacial score (nSPS) is 21.4. The van der Waals surface area contributed by atoms with Gasteiger partial charge in [0.25, 0.3) is 0 Å². The number of hydrazone groups is 1. The van der Waals surface area contributed by atoms with E-state index in [-0.39, 0.29) is 17.7 Å². The zero-order chi connectivity index (χ0) is 31.7. The monoisotopic (exact) mass is 608 g/mol. The molecule has 3 atom stereocenters. The number of aliphatic hydroxyl groups is 1. The number of aliphatic hydroxyl groups excluding tert-OH is 1. The molecule has 1 fully saturated rings. The Morgan fingerprint density at radius 1 is 1.25 bits per heavy atom. The molecule has 2 aromatic heterocycles. The van der Waals surface area contributed by atoms with Gasteiger partial charge in [-0.3, -0.25) is 4.98 Å². The van der Waals surface area contributed by atoms with Crippen LogP contribution < -0.4 is 16.2 Å². The van der Waals surface area contributed by atoms with E-state index in [0.29, 0.717) is 23.9 Å². The molecule has 0 bridgehead atoms. The summed E-state index contributed by atoms with van der Waals surface area (Å²) in [6.45, 7) is 13.3. The van der Waals surface area contributed by atoms with Gasteiger partial charge in [0, 0.05) is 37.9 Å². The number of hydrazine groups is 1. The Balaban J connectivity index is 0.000000411. The summed E-state index contributed by atoms with van der Waals surface area (Å²) in [4.78, 5) is 12.1. The molecule has 3 unspecified atom stereocenters. The van der Waals surface area contributed by atoms with Crippen molar-refractivity contribution in [3.63, 3.8) is 0 Å². The maximum absolute atomic E-state index is 13.2. The van der Waals surface area contributed by atoms with Crippen LogP contribution in [0.1, 0.15) is 77.6 Å². The van der Waals surface area contributed by atoms with Crippen LogP contribution in [0.5, 0.6) is 0 Å². The molecule has 0 amide bonds. The van der Waals surface area contributed by atoms with E-state index in [0.717, 1.165) is 56.1 Å². The quantitative estimate of drug-likeness (QED) is 0.112. The second-order valence-corrected chi connectivity index (χ2v) is 11.2. The van der Waals surface area contributed by atoms with Crippen LogP contribution in [0.3, 0.4) is 0 Å². The van der Waals surface area contributed by atoms with Crippen LogP contribution in [0.25, 0.3) is 0 Å². The molecule has 0 saturated carbocycles. The van der Waals surface area contributed by atoms with E-state index in [1.165, 1.54) is 25.5 Å². The molecule has 2 aliphatic rings. The minimum absolute atomic E-state index is 0.187. The largest absolute Gasteiger partial charge is 0.512 e. The minimum Gasteiger partial charge on any atom is -0.512 e. The molecule has 1 aliphatic carbocycles. The number of hydrogen-bond acceptors (Lipinski definition) is 10. The lowest BCUT2D eigenvalue weighted by molar-refractivity contribution is 0.128. The molecule has 240 valence electrons. The first kappa shape index (κ1) is 34.7. The van der Waals surface area contributed by atoms with E-state index in [4.69, 9.17) is 4.74 Å². The molecule has 10 nitrogen and oxygen atoms in total. The molecule has 4 N–H and O–H groups in total. The Labute approximate surface area is 261 Å². The van der Waals surface area contributed by atoms with E-state index in [9.17, 15) is 9.50 Å². The molecular weight excluding hydrogens is 559 g/mol. The number of aryl methyl sites for hydroxylation is 1. The number of nitrogens with one attached hydrogen (secondary N) is 3. The summed E-state index contributed by atoms with van der Waals surface area (Å²) in [5.41, 5.74) is 8.75. The van der Waals surface area contributed by atoms with Gasteiger partial charge in [-0.15, -0.1) is 0 Å². The first-order chi connectivity index (χ1) is 21.3. The van der Waals surface area contributed by atoms with E-state index in [2.05, 4.69) is 75.0 Å². The number of anilines is 2. The van der Waals surface area contributed by atoms with Crippen molar-refractivity contribution in [1.82, 2.24) is 25.4 Å². The van der Waals surface area contributed by atoms with Gasteiger partial charge in [-0.1, -0.05) is 39.3 Å². The topological polar surface area (TPSA) is 120 Å². The second-order valence-electron chi connectivity index (χ2n) is 11.2. The lowest BCUT2D eigenvalue weighted by Crippen LogP contribution is -2.34. The van der Waals surface area contributed by atoms with Crippen LogP contribution in [0, 0.1) is 18.7 Å². The second kappa shape index (κ2) is 18.7. The van der Waals surface area contributed by atoms with Gasteiger partial charge in [-0.05, 0) is 69.7 Å². The fourth-order valence-electron chi connectivity index (χ4n) is 4.51. The number of aromatic nitrogens is 3. The maximum atomic E-state index is 13.2. The number of halogens is 1. The van der Waals surface area contributed by atoms with Crippen molar-refractivity contribution in [2.24, 2.45) is 11.0 Å². The van der Waals surface area contributed by atoms with Crippen molar-refractivity contribution in [2.45, 2.75) is 85.2 Å². The van der Waals surface area contributed by atoms with Crippen LogP contribution in [0.2, 0.25) is 0 Å². The molecule has 0 spiro atoms. The Hall–Kier alpha value is -3.83. The average Bonchev–Trinajstić information content (AvgIpc) is 3.44. The van der Waals surface area contributed by atoms with Gasteiger partial charge >= 0.3 is 0 Å². The van der Waals surface area contributed by atoms with E-state index < -0.39 is 5.82 Å². The summed E-state index contributed by atoms with van der Waals surface area (Å²) in [5.74, 6) is 0.923. The fraction of sp³-hybridized carbons (Fsp3) is 0.515. The third-order valence-electron chi connectivity index (χ3n) is 7.36. The fourth-order valence-corrected chi connectivity index (χ4v) is 4.51. The highest BCUT2D eigenvalue weighted by atomic mass is 19.1. The zero-order valence-corrected chi connectivity index (χ0v) is 26.8. The smallest absolute Gasteiger partial charge is 0.243 e. The number of nitrogens with zero attached hydrogens (tertiary/aromatic N) is 5. The zero-order valence-electron chi connectivity index (χ0n) is 26.8. The molecular formula is C33H49FN8O2. The SMILES string of the molecule is CCCOCCCC(C)CC.Cc1nc(N/N=C/c2ccc(NC3C=C/C(N4NCCC4C)=C\C/C(O)=C\3)cn2)ncc1F. The molecule has 0 aromatic carbocycles. The first-order valence-corrected chi connectivity index (χ1v) is 15.7. The van der Waals surface area contributed by atoms with E-state index in [1.807, 2.05) is 24.3 Å². The number of pyridine rings is 1. The predicted octanol–water partition coefficient (Wildman–Crippen LogP) is 6.67. The number of rotatable bonds is 13. The van der Waals surface area contributed by atoms with Gasteiger partial charge in [0.15, 0.2) is 5.82 Å². The van der Waals surface area contributed by atoms with Crippen molar-refractivity contribution in [2.75, 3.05) is 30.5 Å². The van der Waals surface area contributed by atoms with Gasteiger partial charge < -0.3 is 20.2 Å². The summed E-state index contributed by atoms with van der Waals surface area (Å²) in [5, 5.41) is 19.8. The predicted molar refractivity (Wildman–Crippen MR) is 176 cm³/mol. The molecule has 3 heterocycles. The van der Waals surface area contributed by atoms with Crippen molar-refractivity contribution in [1.29, 1.82) is 0 Å². The lowest BCUT2D eigenvalue weighted by atomic mass is 10.0. The van der Waals surface area contributed by atoms with Crippen LogP contribution in [0.4, 0.5) is 16.0 Å². The highest BCUT2D eigenvalue weighted by Crippen LogP contribution is 2.20. The molecule has 4 rings (SSSR count). The maximum Gasteiger partial charge on any atom is 0.243 e. The van der Waals surface area contributed by atoms with Gasteiger partial charge in [-0.2, -0.15) is 5.10 Å². The average molecular weight is 609 g/mol. The minimum atomic E-state index is -0.467. The Kier molecular flexibility index (Phi) is 14.8. The van der Waals surface area contributed by atoms with Gasteiger partial charge in [0.1, 0.15) is 0 Å². The third-order valence-corrected chi connectivity index (χ3v) is 7.36. The molecule has 11 heteroatoms. The summed E-state index contributed by atoms with van der Waals surface area (Å²) < 4.78 is 18.6. The van der Waals surface area contributed by atoms with Crippen molar-refractivity contribution >= 4 is 17.9 Å². The standard InChI is InChI=1S/C23H27FN8O.C10H22O/c1-15-9-10-28-32(15)20-6-5-17(11-21(33)8-7-20)30-19-4-3-18(25-12-19)13-27-31-23-26-14-22(24)16(2)29-23;1-4-8-11-9-6-7-10(3)5-2/h3-7,11-15,17,28,30,33H,8-10H2,1-2H3,(H,26,29,31);10H,4-9H2,1-3H3/b6-5?,20-7+,21-11+,27-13+;. The first-order valence-electron chi connectivity index (χ1n) is 15.7. The van der Waals surface area contributed by atoms with Crippen molar-refractivity contribution in [3.8, 4) is 0 Å². The lowest BCUT2D eigenvalue weighted by Gasteiger charge is -2.26. The summed E-state index contributed by atoms with van der Waals surface area (Å²) in [6, 6.07) is 3.91. The number of ether oxygens (including phenoxy) is 1. The van der Waals surface area contributed by atoms with Crippen molar-refractivity contribution < 1.29 is 14.2 Å². The summed E-state index contributed by atoms with van der Waals surface area (Å²) in [7, 11) is 0. The molecule has 1 saturated heterocycles. The summed E-state index contributed by atoms with van der Waals surface area (Å²) in [6.07, 6.45) is 18.7. The van der Waals surface area contributed by atoms with E-state index >= 15 is 0 Å². The van der Waals surface area contributed by atoms with Crippen LogP contribution >= 0.6 is 0 Å². The Bertz CT molecular complexity index is 1260. The van der Waals surface area contributed by atoms with Crippen LogP contribution in [-0.2, 0) is 4.74 Å². The van der Waals surface area contributed by atoms with Crippen LogP contribution in [-0.4, -0.2) is 63.1 Å². The number of hydrogen-bond donors (Lipinski definition) is 4. The summed E-state index contributed by atoms with van der Waals surface area (Å²) >= 11 is 0. The molecule has 2 aromatic rings.